The molecule has 2 heterocycles. The molecule has 0 spiro atoms. The smallest absolute Gasteiger partial charge is 0.206 e. The van der Waals surface area contributed by atoms with E-state index >= 15 is 0 Å². The average molecular weight is 461 g/mol. The molecular weight excluding hydrogens is 436 g/mol. The van der Waals surface area contributed by atoms with Gasteiger partial charge in [0.05, 0.1) is 25.4 Å². The normalized spacial score (nSPS) is 10.7. The van der Waals surface area contributed by atoms with E-state index in [1.807, 2.05) is 37.3 Å². The summed E-state index contributed by atoms with van der Waals surface area (Å²) in [7, 11) is 3.28. The Hall–Kier alpha value is -2.88. The highest BCUT2D eigenvalue weighted by Crippen LogP contribution is 2.29. The number of aromatic nitrogens is 4. The fourth-order valence-electron chi connectivity index (χ4n) is 3.17. The van der Waals surface area contributed by atoms with E-state index in [1.54, 1.807) is 25.6 Å². The number of halogens is 1. The van der Waals surface area contributed by atoms with Crippen molar-refractivity contribution in [1.82, 2.24) is 25.7 Å². The van der Waals surface area contributed by atoms with Crippen LogP contribution in [0.4, 0.5) is 5.13 Å². The van der Waals surface area contributed by atoms with E-state index in [0.717, 1.165) is 69.0 Å². The second-order valence-electron chi connectivity index (χ2n) is 6.77. The van der Waals surface area contributed by atoms with Gasteiger partial charge in [0.1, 0.15) is 5.01 Å². The van der Waals surface area contributed by atoms with Crippen molar-refractivity contribution < 1.29 is 9.47 Å². The minimum Gasteiger partial charge on any atom is -0.493 e. The fourth-order valence-corrected chi connectivity index (χ4v) is 3.94. The number of aromatic amines is 1. The zero-order valence-electron chi connectivity index (χ0n) is 17.6. The van der Waals surface area contributed by atoms with E-state index in [9.17, 15) is 0 Å². The van der Waals surface area contributed by atoms with Crippen LogP contribution in [0.15, 0.2) is 36.4 Å². The molecule has 0 aliphatic carbocycles. The third-order valence-corrected chi connectivity index (χ3v) is 5.71. The summed E-state index contributed by atoms with van der Waals surface area (Å²) in [4.78, 5) is 0. The van der Waals surface area contributed by atoms with Crippen LogP contribution < -0.4 is 20.1 Å². The molecule has 2 aromatic carbocycles. The molecule has 31 heavy (non-hydrogen) atoms. The summed E-state index contributed by atoms with van der Waals surface area (Å²) in [5.41, 5.74) is 4.19. The van der Waals surface area contributed by atoms with Crippen LogP contribution in [0.1, 0.15) is 11.3 Å². The summed E-state index contributed by atoms with van der Waals surface area (Å²) in [6.45, 7) is 4.28. The molecule has 0 fully saturated rings. The molecule has 0 atom stereocenters. The Morgan fingerprint density at radius 1 is 1.00 bits per heavy atom. The predicted molar refractivity (Wildman–Crippen MR) is 127 cm³/mol. The van der Waals surface area contributed by atoms with Gasteiger partial charge in [-0.3, -0.25) is 5.10 Å². The number of hydrogen-bond donors (Lipinski definition) is 3. The second-order valence-corrected chi connectivity index (χ2v) is 7.75. The van der Waals surface area contributed by atoms with Gasteiger partial charge in [-0.05, 0) is 42.8 Å². The van der Waals surface area contributed by atoms with Gasteiger partial charge in [-0.15, -0.1) is 22.6 Å². The first-order valence-electron chi connectivity index (χ1n) is 9.62. The Morgan fingerprint density at radius 3 is 2.65 bits per heavy atom. The number of hydrogen-bond acceptors (Lipinski definition) is 8. The molecule has 0 aliphatic heterocycles. The molecule has 2 aromatic heterocycles. The number of ether oxygens (including phenoxy) is 2. The fraction of sp³-hybridized carbons (Fsp3) is 0.286. The number of fused-ring (bicyclic) bond motifs is 1. The summed E-state index contributed by atoms with van der Waals surface area (Å²) in [5.74, 6) is 1.47. The molecule has 8 nitrogen and oxygen atoms in total. The van der Waals surface area contributed by atoms with Gasteiger partial charge in [-0.25, -0.2) is 0 Å². The molecular formula is C21H25ClN6O2S. The molecule has 0 aliphatic rings. The zero-order chi connectivity index (χ0) is 20.9. The number of methoxy groups -OCH3 is 2. The monoisotopic (exact) mass is 460 g/mol. The van der Waals surface area contributed by atoms with Gasteiger partial charge >= 0.3 is 0 Å². The van der Waals surface area contributed by atoms with Gasteiger partial charge in [0.15, 0.2) is 11.5 Å². The number of H-pyrrole nitrogens is 1. The topological polar surface area (TPSA) is 97.0 Å². The Labute approximate surface area is 190 Å². The quantitative estimate of drug-likeness (QED) is 0.324. The largest absolute Gasteiger partial charge is 0.493 e. The predicted octanol–water partition coefficient (Wildman–Crippen LogP) is 4.03. The minimum atomic E-state index is 0. The average Bonchev–Trinajstić information content (AvgIpc) is 3.40. The lowest BCUT2D eigenvalue weighted by molar-refractivity contribution is 0.354. The first kappa shape index (κ1) is 22.8. The number of benzene rings is 2. The molecule has 4 rings (SSSR count). The number of nitrogens with one attached hydrogen (secondary N) is 3. The van der Waals surface area contributed by atoms with Crippen LogP contribution in [-0.4, -0.2) is 47.7 Å². The molecule has 164 valence electrons. The number of rotatable bonds is 9. The van der Waals surface area contributed by atoms with Gasteiger partial charge in [-0.2, -0.15) is 5.10 Å². The van der Waals surface area contributed by atoms with Crippen LogP contribution in [-0.2, 0) is 6.54 Å². The van der Waals surface area contributed by atoms with Gasteiger partial charge in [0, 0.05) is 30.6 Å². The van der Waals surface area contributed by atoms with Crippen LogP contribution in [0.5, 0.6) is 11.5 Å². The third kappa shape index (κ3) is 5.25. The number of aryl methyl sites for hydroxylation is 1. The lowest BCUT2D eigenvalue weighted by Crippen LogP contribution is -2.21. The van der Waals surface area contributed by atoms with Crippen LogP contribution in [0, 0.1) is 6.92 Å². The minimum absolute atomic E-state index is 0. The maximum absolute atomic E-state index is 5.34. The van der Waals surface area contributed by atoms with Gasteiger partial charge in [0.25, 0.3) is 0 Å². The molecule has 0 bridgehead atoms. The maximum atomic E-state index is 5.34. The van der Waals surface area contributed by atoms with E-state index in [2.05, 4.69) is 37.1 Å². The molecule has 10 heteroatoms. The van der Waals surface area contributed by atoms with Gasteiger partial charge in [0.2, 0.25) is 5.13 Å². The van der Waals surface area contributed by atoms with Crippen LogP contribution in [0.25, 0.3) is 21.5 Å². The summed E-state index contributed by atoms with van der Waals surface area (Å²) < 4.78 is 10.6. The van der Waals surface area contributed by atoms with Crippen LogP contribution >= 0.6 is 23.7 Å². The number of anilines is 1. The molecule has 3 N–H and O–H groups in total. The van der Waals surface area contributed by atoms with Crippen molar-refractivity contribution in [1.29, 1.82) is 0 Å². The summed E-state index contributed by atoms with van der Waals surface area (Å²) in [6, 6.07) is 12.1. The van der Waals surface area contributed by atoms with Crippen LogP contribution in [0.2, 0.25) is 0 Å². The highest BCUT2D eigenvalue weighted by atomic mass is 35.5. The van der Waals surface area contributed by atoms with Crippen molar-refractivity contribution >= 4 is 39.8 Å². The first-order valence-corrected chi connectivity index (χ1v) is 10.4. The highest BCUT2D eigenvalue weighted by molar-refractivity contribution is 7.18. The van der Waals surface area contributed by atoms with E-state index in [4.69, 9.17) is 9.47 Å². The SMILES string of the molecule is COc1ccc(CNCCNc2nnc(-c3ccc4[nH]nc(C)c4c3)s2)cc1OC.Cl. The zero-order valence-corrected chi connectivity index (χ0v) is 19.2. The summed E-state index contributed by atoms with van der Waals surface area (Å²) in [5, 5.41) is 25.4. The van der Waals surface area contributed by atoms with Crippen molar-refractivity contribution in [2.45, 2.75) is 13.5 Å². The Morgan fingerprint density at radius 2 is 1.84 bits per heavy atom. The molecule has 0 unspecified atom stereocenters. The van der Waals surface area contributed by atoms with Gasteiger partial charge < -0.3 is 20.1 Å². The van der Waals surface area contributed by atoms with Gasteiger partial charge in [-0.1, -0.05) is 17.4 Å². The highest BCUT2D eigenvalue weighted by Gasteiger charge is 2.09. The first-order chi connectivity index (χ1) is 14.7. The van der Waals surface area contributed by atoms with Crippen molar-refractivity contribution in [2.75, 3.05) is 32.6 Å². The summed E-state index contributed by atoms with van der Waals surface area (Å²) >= 11 is 1.54. The standard InChI is InChI=1S/C21H24N6O2S.ClH/c1-13-16-11-15(5-6-17(16)25-24-13)20-26-27-21(30-20)23-9-8-22-12-14-4-7-18(28-2)19(10-14)29-3;/h4-7,10-11,22H,8-9,12H2,1-3H3,(H,23,27)(H,24,25);1H. The molecule has 0 saturated heterocycles. The van der Waals surface area contributed by atoms with Crippen molar-refractivity contribution in [2.24, 2.45) is 0 Å². The van der Waals surface area contributed by atoms with E-state index in [-0.39, 0.29) is 12.4 Å². The summed E-state index contributed by atoms with van der Waals surface area (Å²) in [6.07, 6.45) is 0. The van der Waals surface area contributed by atoms with Crippen LogP contribution in [0.3, 0.4) is 0 Å². The lowest BCUT2D eigenvalue weighted by Gasteiger charge is -2.10. The molecule has 0 radical (unpaired) electrons. The Kier molecular flexibility index (Phi) is 7.67. The maximum Gasteiger partial charge on any atom is 0.206 e. The lowest BCUT2D eigenvalue weighted by atomic mass is 10.1. The molecule has 0 saturated carbocycles. The van der Waals surface area contributed by atoms with Crippen molar-refractivity contribution in [3.05, 3.63) is 47.7 Å². The van der Waals surface area contributed by atoms with E-state index < -0.39 is 0 Å². The molecule has 4 aromatic rings. The van der Waals surface area contributed by atoms with Crippen molar-refractivity contribution in [3.63, 3.8) is 0 Å². The number of nitrogens with zero attached hydrogens (tertiary/aromatic N) is 3. The Balaban J connectivity index is 0.00000272. The van der Waals surface area contributed by atoms with E-state index in [1.165, 1.54) is 0 Å². The second kappa shape index (κ2) is 10.4. The molecule has 0 amide bonds. The third-order valence-electron chi connectivity index (χ3n) is 4.78. The Bertz CT molecular complexity index is 1150. The van der Waals surface area contributed by atoms with E-state index in [0.29, 0.717) is 0 Å². The van der Waals surface area contributed by atoms with Crippen molar-refractivity contribution in [3.8, 4) is 22.1 Å².